The zero-order valence-corrected chi connectivity index (χ0v) is 10.7. The lowest BCUT2D eigenvalue weighted by Gasteiger charge is -2.13. The smallest absolute Gasteiger partial charge is 0.127 e. The zero-order valence-electron chi connectivity index (χ0n) is 9.87. The first-order valence-electron chi connectivity index (χ1n) is 5.10. The number of hydrogen-bond acceptors (Lipinski definition) is 4. The fourth-order valence-corrected chi connectivity index (χ4v) is 1.75. The number of ether oxygens (including phenoxy) is 2. The molecule has 0 aliphatic rings. The van der Waals surface area contributed by atoms with Crippen LogP contribution in [0.2, 0.25) is 0 Å². The number of hydrogen-bond donors (Lipinski definition) is 1. The quantitative estimate of drug-likeness (QED) is 0.630. The lowest BCUT2D eigenvalue weighted by molar-refractivity contribution is 0.398. The highest BCUT2D eigenvalue weighted by Gasteiger charge is 2.11. The molecule has 3 nitrogen and oxygen atoms in total. The molecule has 0 fully saturated rings. The van der Waals surface area contributed by atoms with Gasteiger partial charge in [0.15, 0.2) is 0 Å². The van der Waals surface area contributed by atoms with Crippen molar-refractivity contribution in [2.24, 2.45) is 5.73 Å². The summed E-state index contributed by atoms with van der Waals surface area (Å²) >= 11 is 5.17. The SMILES string of the molecule is COc1cc(C(C)=S)c(OC)cc1CCN. The number of methoxy groups -OCH3 is 2. The fraction of sp³-hybridized carbons (Fsp3) is 0.417. The van der Waals surface area contributed by atoms with Gasteiger partial charge in [0.1, 0.15) is 11.5 Å². The Kier molecular flexibility index (Phi) is 4.71. The van der Waals surface area contributed by atoms with Gasteiger partial charge in [-0.05, 0) is 37.6 Å². The predicted octanol–water partition coefficient (Wildman–Crippen LogP) is 1.94. The van der Waals surface area contributed by atoms with E-state index in [1.165, 1.54) is 0 Å². The molecule has 0 unspecified atom stereocenters. The summed E-state index contributed by atoms with van der Waals surface area (Å²) in [5.74, 6) is 1.59. The minimum Gasteiger partial charge on any atom is -0.496 e. The monoisotopic (exact) mass is 239 g/mol. The van der Waals surface area contributed by atoms with Gasteiger partial charge >= 0.3 is 0 Å². The van der Waals surface area contributed by atoms with Gasteiger partial charge in [0.2, 0.25) is 0 Å². The largest absolute Gasteiger partial charge is 0.496 e. The number of nitrogens with two attached hydrogens (primary N) is 1. The number of thiocarbonyl (C=S) groups is 1. The third-order valence-electron chi connectivity index (χ3n) is 2.40. The summed E-state index contributed by atoms with van der Waals surface area (Å²) in [5.41, 5.74) is 7.49. The molecule has 0 heterocycles. The van der Waals surface area contributed by atoms with Crippen LogP contribution in [0.5, 0.6) is 11.5 Å². The minimum absolute atomic E-state index is 0.579. The number of benzene rings is 1. The Bertz CT molecular complexity index is 391. The second-order valence-corrected chi connectivity index (χ2v) is 4.07. The van der Waals surface area contributed by atoms with Crippen LogP contribution in [0.1, 0.15) is 18.1 Å². The van der Waals surface area contributed by atoms with Gasteiger partial charge in [-0.25, -0.2) is 0 Å². The third-order valence-corrected chi connectivity index (χ3v) is 2.62. The van der Waals surface area contributed by atoms with Crippen molar-refractivity contribution in [1.29, 1.82) is 0 Å². The van der Waals surface area contributed by atoms with E-state index in [1.54, 1.807) is 14.2 Å². The van der Waals surface area contributed by atoms with Crippen LogP contribution in [-0.4, -0.2) is 25.6 Å². The summed E-state index contributed by atoms with van der Waals surface area (Å²) in [4.78, 5) is 0.787. The van der Waals surface area contributed by atoms with E-state index in [-0.39, 0.29) is 0 Å². The average Bonchev–Trinajstić information content (AvgIpc) is 2.28. The van der Waals surface area contributed by atoms with E-state index >= 15 is 0 Å². The van der Waals surface area contributed by atoms with Gasteiger partial charge in [-0.3, -0.25) is 0 Å². The molecule has 0 aliphatic heterocycles. The first kappa shape index (κ1) is 12.9. The lowest BCUT2D eigenvalue weighted by Crippen LogP contribution is -2.06. The van der Waals surface area contributed by atoms with Crippen molar-refractivity contribution < 1.29 is 9.47 Å². The standard InChI is InChI=1S/C12H17NO2S/c1-8(16)10-7-11(14-2)9(4-5-13)6-12(10)15-3/h6-7H,4-5,13H2,1-3H3. The van der Waals surface area contributed by atoms with Gasteiger partial charge in [0, 0.05) is 10.4 Å². The zero-order chi connectivity index (χ0) is 12.1. The van der Waals surface area contributed by atoms with Crippen LogP contribution in [0.3, 0.4) is 0 Å². The molecule has 16 heavy (non-hydrogen) atoms. The summed E-state index contributed by atoms with van der Waals surface area (Å²) in [6, 6.07) is 3.85. The van der Waals surface area contributed by atoms with Crippen LogP contribution in [0.25, 0.3) is 0 Å². The first-order chi connectivity index (χ1) is 7.63. The Morgan fingerprint density at radius 2 is 1.88 bits per heavy atom. The molecule has 0 spiro atoms. The van der Waals surface area contributed by atoms with E-state index in [0.717, 1.165) is 33.9 Å². The van der Waals surface area contributed by atoms with Crippen LogP contribution >= 0.6 is 12.2 Å². The summed E-state index contributed by atoms with van der Waals surface area (Å²) in [5, 5.41) is 0. The van der Waals surface area contributed by atoms with Gasteiger partial charge in [-0.15, -0.1) is 0 Å². The maximum atomic E-state index is 5.55. The Balaban J connectivity index is 3.28. The molecule has 0 saturated heterocycles. The van der Waals surface area contributed by atoms with E-state index in [0.29, 0.717) is 6.54 Å². The molecule has 0 bridgehead atoms. The van der Waals surface area contributed by atoms with Crippen LogP contribution in [0.15, 0.2) is 12.1 Å². The molecule has 0 radical (unpaired) electrons. The molecule has 1 aromatic rings. The molecule has 0 aromatic heterocycles. The Labute approximate surface area is 102 Å². The summed E-state index contributed by atoms with van der Waals surface area (Å²) in [6.07, 6.45) is 0.760. The van der Waals surface area contributed by atoms with Crippen molar-refractivity contribution in [3.8, 4) is 11.5 Å². The fourth-order valence-electron chi connectivity index (χ4n) is 1.59. The molecule has 0 saturated carbocycles. The second kappa shape index (κ2) is 5.82. The Hall–Kier alpha value is -1.13. The van der Waals surface area contributed by atoms with Gasteiger partial charge in [-0.2, -0.15) is 0 Å². The summed E-state index contributed by atoms with van der Waals surface area (Å²) in [6.45, 7) is 2.45. The summed E-state index contributed by atoms with van der Waals surface area (Å²) in [7, 11) is 3.28. The van der Waals surface area contributed by atoms with Crippen LogP contribution < -0.4 is 15.2 Å². The van der Waals surface area contributed by atoms with Crippen molar-refractivity contribution in [1.82, 2.24) is 0 Å². The molecule has 1 rings (SSSR count). The van der Waals surface area contributed by atoms with Gasteiger partial charge in [0.05, 0.1) is 14.2 Å². The van der Waals surface area contributed by atoms with Crippen molar-refractivity contribution in [3.05, 3.63) is 23.3 Å². The molecule has 2 N–H and O–H groups in total. The first-order valence-corrected chi connectivity index (χ1v) is 5.50. The molecular formula is C12H17NO2S. The molecule has 0 aliphatic carbocycles. The van der Waals surface area contributed by atoms with E-state index in [9.17, 15) is 0 Å². The van der Waals surface area contributed by atoms with E-state index in [2.05, 4.69) is 0 Å². The molecule has 0 amide bonds. The van der Waals surface area contributed by atoms with Gasteiger partial charge < -0.3 is 15.2 Å². The highest BCUT2D eigenvalue weighted by molar-refractivity contribution is 7.80. The lowest BCUT2D eigenvalue weighted by atomic mass is 10.0. The van der Waals surface area contributed by atoms with Gasteiger partial charge in [0.25, 0.3) is 0 Å². The normalized spacial score (nSPS) is 10.0. The number of rotatable bonds is 5. The van der Waals surface area contributed by atoms with Crippen molar-refractivity contribution in [3.63, 3.8) is 0 Å². The Morgan fingerprint density at radius 1 is 1.25 bits per heavy atom. The van der Waals surface area contributed by atoms with Crippen LogP contribution in [-0.2, 0) is 6.42 Å². The van der Waals surface area contributed by atoms with Crippen molar-refractivity contribution >= 4 is 17.1 Å². The molecule has 4 heteroatoms. The van der Waals surface area contributed by atoms with Crippen LogP contribution in [0, 0.1) is 0 Å². The van der Waals surface area contributed by atoms with E-state index in [4.69, 9.17) is 27.4 Å². The second-order valence-electron chi connectivity index (χ2n) is 3.46. The summed E-state index contributed by atoms with van der Waals surface area (Å²) < 4.78 is 10.6. The van der Waals surface area contributed by atoms with Crippen molar-refractivity contribution in [2.45, 2.75) is 13.3 Å². The van der Waals surface area contributed by atoms with Crippen molar-refractivity contribution in [2.75, 3.05) is 20.8 Å². The maximum absolute atomic E-state index is 5.55. The van der Waals surface area contributed by atoms with Gasteiger partial charge in [-0.1, -0.05) is 12.2 Å². The molecular weight excluding hydrogens is 222 g/mol. The average molecular weight is 239 g/mol. The molecule has 1 aromatic carbocycles. The molecule has 0 atom stereocenters. The van der Waals surface area contributed by atoms with E-state index in [1.807, 2.05) is 19.1 Å². The van der Waals surface area contributed by atoms with E-state index < -0.39 is 0 Å². The van der Waals surface area contributed by atoms with Crippen LogP contribution in [0.4, 0.5) is 0 Å². The minimum atomic E-state index is 0.579. The maximum Gasteiger partial charge on any atom is 0.127 e. The third kappa shape index (κ3) is 2.71. The molecule has 88 valence electrons. The highest BCUT2D eigenvalue weighted by Crippen LogP contribution is 2.29. The highest BCUT2D eigenvalue weighted by atomic mass is 32.1. The Morgan fingerprint density at radius 3 is 2.31 bits per heavy atom. The topological polar surface area (TPSA) is 44.5 Å². The predicted molar refractivity (Wildman–Crippen MR) is 69.7 cm³/mol.